The first-order valence-electron chi connectivity index (χ1n) is 12.6. The molecule has 3 aliphatic rings. The predicted octanol–water partition coefficient (Wildman–Crippen LogP) is 4.60. The maximum Gasteiger partial charge on any atom is 0.407 e. The number of carboxylic acid groups (broad SMARTS) is 1. The summed E-state index contributed by atoms with van der Waals surface area (Å²) in [5.74, 6) is -0.983. The number of carboxylic acids is 1. The number of ether oxygens (including phenoxy) is 1. The van der Waals surface area contributed by atoms with Crippen molar-refractivity contribution in [2.45, 2.75) is 68.9 Å². The fraction of sp³-hybridized carbons (Fsp3) is 0.464. The molecule has 0 aromatic heterocycles. The van der Waals surface area contributed by atoms with Gasteiger partial charge < -0.3 is 20.5 Å². The van der Waals surface area contributed by atoms with E-state index in [0.717, 1.165) is 19.3 Å². The molecule has 7 heteroatoms. The zero-order valence-corrected chi connectivity index (χ0v) is 19.8. The SMILES string of the molecule is O=C(CC1CC(NC(=O)OCC2c3ccccc3-c3ccccc32)C1)NC1(C(=O)O)CCCCC1. The van der Waals surface area contributed by atoms with E-state index in [0.29, 0.717) is 25.7 Å². The molecule has 0 spiro atoms. The van der Waals surface area contributed by atoms with Crippen molar-refractivity contribution in [2.24, 2.45) is 5.92 Å². The Morgan fingerprint density at radius 3 is 2.11 bits per heavy atom. The quantitative estimate of drug-likeness (QED) is 0.542. The van der Waals surface area contributed by atoms with Gasteiger partial charge in [-0.2, -0.15) is 0 Å². The Morgan fingerprint density at radius 1 is 0.914 bits per heavy atom. The topological polar surface area (TPSA) is 105 Å². The minimum atomic E-state index is -1.11. The molecule has 2 amide bonds. The van der Waals surface area contributed by atoms with Crippen molar-refractivity contribution in [2.75, 3.05) is 6.61 Å². The molecule has 0 bridgehead atoms. The van der Waals surface area contributed by atoms with E-state index in [-0.39, 0.29) is 36.8 Å². The molecule has 5 rings (SSSR count). The first kappa shape index (κ1) is 23.4. The van der Waals surface area contributed by atoms with Crippen molar-refractivity contribution < 1.29 is 24.2 Å². The number of carbonyl (C=O) groups is 3. The molecule has 2 saturated carbocycles. The molecule has 0 radical (unpaired) electrons. The second kappa shape index (κ2) is 9.72. The lowest BCUT2D eigenvalue weighted by molar-refractivity contribution is -0.149. The van der Waals surface area contributed by atoms with E-state index in [9.17, 15) is 19.5 Å². The maximum atomic E-state index is 12.5. The summed E-state index contributed by atoms with van der Waals surface area (Å²) in [6, 6.07) is 16.4. The highest BCUT2D eigenvalue weighted by molar-refractivity contribution is 5.87. The Kier molecular flexibility index (Phi) is 6.50. The van der Waals surface area contributed by atoms with Crippen LogP contribution < -0.4 is 10.6 Å². The zero-order chi connectivity index (χ0) is 24.4. The van der Waals surface area contributed by atoms with Crippen molar-refractivity contribution >= 4 is 18.0 Å². The van der Waals surface area contributed by atoms with Crippen LogP contribution in [0.5, 0.6) is 0 Å². The highest BCUT2D eigenvalue weighted by Crippen LogP contribution is 2.44. The third-order valence-electron chi connectivity index (χ3n) is 7.87. The lowest BCUT2D eigenvalue weighted by Gasteiger charge is -2.37. The normalized spacial score (nSPS) is 22.3. The van der Waals surface area contributed by atoms with Crippen molar-refractivity contribution in [3.8, 4) is 11.1 Å². The van der Waals surface area contributed by atoms with Crippen LogP contribution in [0.15, 0.2) is 48.5 Å². The van der Waals surface area contributed by atoms with Crippen LogP contribution in [-0.4, -0.2) is 41.3 Å². The molecule has 0 saturated heterocycles. The van der Waals surface area contributed by atoms with Crippen LogP contribution in [0.4, 0.5) is 4.79 Å². The fourth-order valence-electron chi connectivity index (χ4n) is 5.95. The smallest absolute Gasteiger partial charge is 0.407 e. The molecule has 2 fully saturated rings. The summed E-state index contributed by atoms with van der Waals surface area (Å²) < 4.78 is 5.61. The first-order chi connectivity index (χ1) is 16.9. The number of fused-ring (bicyclic) bond motifs is 3. The molecule has 0 unspecified atom stereocenters. The van der Waals surface area contributed by atoms with Gasteiger partial charge in [-0.05, 0) is 53.9 Å². The molecule has 184 valence electrons. The number of nitrogens with one attached hydrogen (secondary N) is 2. The standard InChI is InChI=1S/C28H32N2O5/c31-25(30-28(26(32)33)12-6-1-7-13-28)16-18-14-19(15-18)29-27(34)35-17-24-22-10-4-2-8-20(22)21-9-3-5-11-23(21)24/h2-5,8-11,18-19,24H,1,6-7,12-17H2,(H,29,34)(H,30,31)(H,32,33). The second-order valence-electron chi connectivity index (χ2n) is 10.2. The molecule has 0 atom stereocenters. The summed E-state index contributed by atoms with van der Waals surface area (Å²) in [4.78, 5) is 36.7. The number of amides is 2. The number of aliphatic carboxylic acids is 1. The van der Waals surface area contributed by atoms with E-state index in [1.165, 1.54) is 22.3 Å². The minimum Gasteiger partial charge on any atom is -0.480 e. The van der Waals surface area contributed by atoms with Crippen LogP contribution in [-0.2, 0) is 14.3 Å². The Bertz CT molecular complexity index is 1070. The minimum absolute atomic E-state index is 0.0207. The number of hydrogen-bond acceptors (Lipinski definition) is 4. The molecular weight excluding hydrogens is 444 g/mol. The largest absolute Gasteiger partial charge is 0.480 e. The Balaban J connectivity index is 1.07. The number of hydrogen-bond donors (Lipinski definition) is 3. The summed E-state index contributed by atoms with van der Waals surface area (Å²) in [6.07, 6.45) is 4.87. The summed E-state index contributed by atoms with van der Waals surface area (Å²) in [5.41, 5.74) is 3.62. The molecule has 2 aromatic carbocycles. The number of carbonyl (C=O) groups excluding carboxylic acids is 2. The monoisotopic (exact) mass is 476 g/mol. The highest BCUT2D eigenvalue weighted by atomic mass is 16.5. The zero-order valence-electron chi connectivity index (χ0n) is 19.8. The van der Waals surface area contributed by atoms with E-state index in [1.54, 1.807) is 0 Å². The van der Waals surface area contributed by atoms with Crippen LogP contribution in [0.25, 0.3) is 11.1 Å². The van der Waals surface area contributed by atoms with Crippen LogP contribution in [0.1, 0.15) is 68.4 Å². The molecule has 7 nitrogen and oxygen atoms in total. The Hall–Kier alpha value is -3.35. The van der Waals surface area contributed by atoms with E-state index in [4.69, 9.17) is 4.74 Å². The Morgan fingerprint density at radius 2 is 1.51 bits per heavy atom. The van der Waals surface area contributed by atoms with Crippen LogP contribution in [0, 0.1) is 5.92 Å². The third-order valence-corrected chi connectivity index (χ3v) is 7.87. The Labute approximate surface area is 205 Å². The van der Waals surface area contributed by atoms with Gasteiger partial charge in [-0.3, -0.25) is 4.79 Å². The van der Waals surface area contributed by atoms with Crippen molar-refractivity contribution in [3.63, 3.8) is 0 Å². The summed E-state index contributed by atoms with van der Waals surface area (Å²) >= 11 is 0. The van der Waals surface area contributed by atoms with Gasteiger partial charge in [0, 0.05) is 18.4 Å². The lowest BCUT2D eigenvalue weighted by atomic mass is 9.77. The van der Waals surface area contributed by atoms with Gasteiger partial charge in [-0.15, -0.1) is 0 Å². The molecule has 2 aromatic rings. The first-order valence-corrected chi connectivity index (χ1v) is 12.6. The van der Waals surface area contributed by atoms with E-state index >= 15 is 0 Å². The summed E-state index contributed by atoms with van der Waals surface area (Å²) in [7, 11) is 0. The fourth-order valence-corrected chi connectivity index (χ4v) is 5.95. The van der Waals surface area contributed by atoms with Gasteiger partial charge in [-0.1, -0.05) is 67.8 Å². The highest BCUT2D eigenvalue weighted by Gasteiger charge is 2.42. The van der Waals surface area contributed by atoms with Crippen LogP contribution >= 0.6 is 0 Å². The van der Waals surface area contributed by atoms with Crippen molar-refractivity contribution in [3.05, 3.63) is 59.7 Å². The molecule has 0 heterocycles. The van der Waals surface area contributed by atoms with Gasteiger partial charge in [0.1, 0.15) is 12.1 Å². The molecule has 3 N–H and O–H groups in total. The molecule has 3 aliphatic carbocycles. The van der Waals surface area contributed by atoms with Crippen LogP contribution in [0.2, 0.25) is 0 Å². The average Bonchev–Trinajstić information content (AvgIpc) is 3.15. The van der Waals surface area contributed by atoms with Crippen molar-refractivity contribution in [1.29, 1.82) is 0 Å². The van der Waals surface area contributed by atoms with Crippen molar-refractivity contribution in [1.82, 2.24) is 10.6 Å². The number of alkyl carbamates (subject to hydrolysis) is 1. The average molecular weight is 477 g/mol. The molecular formula is C28H32N2O5. The van der Waals surface area contributed by atoms with E-state index < -0.39 is 17.6 Å². The van der Waals surface area contributed by atoms with Gasteiger partial charge in [-0.25, -0.2) is 9.59 Å². The maximum absolute atomic E-state index is 12.5. The summed E-state index contributed by atoms with van der Waals surface area (Å²) in [5, 5.41) is 15.4. The van der Waals surface area contributed by atoms with E-state index in [2.05, 4.69) is 34.9 Å². The van der Waals surface area contributed by atoms with Gasteiger partial charge in [0.15, 0.2) is 0 Å². The van der Waals surface area contributed by atoms with Gasteiger partial charge >= 0.3 is 12.1 Å². The third kappa shape index (κ3) is 4.77. The predicted molar refractivity (Wildman–Crippen MR) is 131 cm³/mol. The number of rotatable bonds is 7. The molecule has 35 heavy (non-hydrogen) atoms. The molecule has 0 aliphatic heterocycles. The van der Waals surface area contributed by atoms with Gasteiger partial charge in [0.25, 0.3) is 0 Å². The van der Waals surface area contributed by atoms with E-state index in [1.807, 2.05) is 24.3 Å². The van der Waals surface area contributed by atoms with Crippen LogP contribution in [0.3, 0.4) is 0 Å². The van der Waals surface area contributed by atoms with Gasteiger partial charge in [0.05, 0.1) is 0 Å². The summed E-state index contributed by atoms with van der Waals surface area (Å²) in [6.45, 7) is 0.273. The lowest BCUT2D eigenvalue weighted by Crippen LogP contribution is -2.56. The second-order valence-corrected chi connectivity index (χ2v) is 10.2. The number of benzene rings is 2. The van der Waals surface area contributed by atoms with Gasteiger partial charge in [0.2, 0.25) is 5.91 Å².